The van der Waals surface area contributed by atoms with Crippen molar-refractivity contribution in [1.82, 2.24) is 10.6 Å². The van der Waals surface area contributed by atoms with Gasteiger partial charge in [-0.1, -0.05) is 24.8 Å². The van der Waals surface area contributed by atoms with E-state index in [9.17, 15) is 4.79 Å². The summed E-state index contributed by atoms with van der Waals surface area (Å²) in [4.78, 5) is 12.1. The maximum Gasteiger partial charge on any atom is 0.318 e. The maximum absolute atomic E-state index is 12.1. The first-order chi connectivity index (χ1) is 10.1. The highest BCUT2D eigenvalue weighted by molar-refractivity contribution is 5.75. The highest BCUT2D eigenvalue weighted by atomic mass is 16.2. The van der Waals surface area contributed by atoms with Crippen molar-refractivity contribution < 1.29 is 4.79 Å². The number of nitrogens with one attached hydrogen (secondary N) is 2. The van der Waals surface area contributed by atoms with Gasteiger partial charge in [-0.25, -0.2) is 4.79 Å². The lowest BCUT2D eigenvalue weighted by molar-refractivity contribution is 0.223. The molecule has 21 heavy (non-hydrogen) atoms. The molecule has 0 spiro atoms. The van der Waals surface area contributed by atoms with E-state index in [-0.39, 0.29) is 6.03 Å². The van der Waals surface area contributed by atoms with E-state index in [1.807, 2.05) is 6.20 Å². The van der Waals surface area contributed by atoms with E-state index in [2.05, 4.69) is 24.5 Å². The average Bonchev–Trinajstić information content (AvgIpc) is 3.20. The van der Waals surface area contributed by atoms with Crippen LogP contribution in [0.4, 0.5) is 4.79 Å². The van der Waals surface area contributed by atoms with Crippen LogP contribution < -0.4 is 10.6 Å². The fraction of sp³-hybridized carbons (Fsp3) is 0.833. The van der Waals surface area contributed by atoms with Crippen LogP contribution in [0.2, 0.25) is 0 Å². The maximum atomic E-state index is 12.1. The van der Waals surface area contributed by atoms with Crippen LogP contribution in [0.3, 0.4) is 0 Å². The minimum Gasteiger partial charge on any atom is -0.335 e. The zero-order valence-electron chi connectivity index (χ0n) is 13.5. The van der Waals surface area contributed by atoms with Crippen LogP contribution in [0.1, 0.15) is 65.2 Å². The molecule has 0 heterocycles. The van der Waals surface area contributed by atoms with Gasteiger partial charge in [-0.05, 0) is 69.6 Å². The summed E-state index contributed by atoms with van der Waals surface area (Å²) in [7, 11) is 0. The Morgan fingerprint density at radius 3 is 2.52 bits per heavy atom. The topological polar surface area (TPSA) is 41.1 Å². The van der Waals surface area contributed by atoms with Crippen molar-refractivity contribution in [2.24, 2.45) is 23.7 Å². The van der Waals surface area contributed by atoms with Crippen molar-refractivity contribution in [3.05, 3.63) is 11.8 Å². The molecule has 3 fully saturated rings. The van der Waals surface area contributed by atoms with Crippen LogP contribution in [-0.4, -0.2) is 12.1 Å². The van der Waals surface area contributed by atoms with E-state index in [4.69, 9.17) is 0 Å². The second-order valence-electron chi connectivity index (χ2n) is 7.61. The predicted octanol–water partition coefficient (Wildman–Crippen LogP) is 4.20. The fourth-order valence-electron chi connectivity index (χ4n) is 4.94. The van der Waals surface area contributed by atoms with Crippen molar-refractivity contribution >= 4 is 6.03 Å². The largest absolute Gasteiger partial charge is 0.335 e. The van der Waals surface area contributed by atoms with Gasteiger partial charge in [0.25, 0.3) is 0 Å². The van der Waals surface area contributed by atoms with Crippen molar-refractivity contribution in [2.75, 3.05) is 0 Å². The third-order valence-electron chi connectivity index (χ3n) is 6.22. The van der Waals surface area contributed by atoms with Crippen LogP contribution >= 0.6 is 0 Å². The highest BCUT2D eigenvalue weighted by Gasteiger charge is 2.42. The van der Waals surface area contributed by atoms with E-state index in [0.717, 1.165) is 11.8 Å². The first-order valence-electron chi connectivity index (χ1n) is 8.87. The van der Waals surface area contributed by atoms with Gasteiger partial charge in [-0.2, -0.15) is 0 Å². The SMILES string of the molecule is C/C(=C\NC(=O)NC(C)C1CC2CCC1C2)C1CCCC1. The second kappa shape index (κ2) is 6.41. The molecule has 3 heteroatoms. The van der Waals surface area contributed by atoms with E-state index < -0.39 is 0 Å². The van der Waals surface area contributed by atoms with Crippen LogP contribution in [-0.2, 0) is 0 Å². The smallest absolute Gasteiger partial charge is 0.318 e. The number of carbonyl (C=O) groups is 1. The summed E-state index contributed by atoms with van der Waals surface area (Å²) < 4.78 is 0. The molecule has 118 valence electrons. The lowest BCUT2D eigenvalue weighted by atomic mass is 9.84. The van der Waals surface area contributed by atoms with Crippen molar-refractivity contribution in [3.8, 4) is 0 Å². The Morgan fingerprint density at radius 1 is 1.14 bits per heavy atom. The second-order valence-corrected chi connectivity index (χ2v) is 7.61. The molecule has 4 unspecified atom stereocenters. The van der Waals surface area contributed by atoms with E-state index >= 15 is 0 Å². The van der Waals surface area contributed by atoms with Gasteiger partial charge in [0.15, 0.2) is 0 Å². The Hall–Kier alpha value is -0.990. The van der Waals surface area contributed by atoms with Gasteiger partial charge in [0, 0.05) is 12.2 Å². The number of allylic oxidation sites excluding steroid dienone is 1. The molecule has 0 aromatic carbocycles. The van der Waals surface area contributed by atoms with Gasteiger partial charge in [-0.3, -0.25) is 0 Å². The zero-order valence-corrected chi connectivity index (χ0v) is 13.5. The molecule has 0 aromatic rings. The standard InChI is InChI=1S/C18H30N2O/c1-12(15-5-3-4-6-15)11-19-18(21)20-13(2)17-10-14-7-8-16(17)9-14/h11,13-17H,3-10H2,1-2H3,(H2,19,20,21)/b12-11+. The Kier molecular flexibility index (Phi) is 4.56. The first-order valence-corrected chi connectivity index (χ1v) is 8.87. The Balaban J connectivity index is 1.44. The fourth-order valence-corrected chi connectivity index (χ4v) is 4.94. The molecule has 2 amide bonds. The summed E-state index contributed by atoms with van der Waals surface area (Å²) in [6.07, 6.45) is 12.7. The van der Waals surface area contributed by atoms with Crippen molar-refractivity contribution in [3.63, 3.8) is 0 Å². The molecule has 0 radical (unpaired) electrons. The summed E-state index contributed by atoms with van der Waals surface area (Å²) >= 11 is 0. The van der Waals surface area contributed by atoms with E-state index in [0.29, 0.717) is 17.9 Å². The van der Waals surface area contributed by atoms with Crippen LogP contribution in [0, 0.1) is 23.7 Å². The molecule has 3 nitrogen and oxygen atoms in total. The molecular formula is C18H30N2O. The Morgan fingerprint density at radius 2 is 1.90 bits per heavy atom. The average molecular weight is 290 g/mol. The number of carbonyl (C=O) groups excluding carboxylic acids is 1. The molecule has 0 saturated heterocycles. The molecule has 3 saturated carbocycles. The number of hydrogen-bond donors (Lipinski definition) is 2. The minimum atomic E-state index is -0.0254. The first kappa shape index (κ1) is 14.9. The third-order valence-corrected chi connectivity index (χ3v) is 6.22. The molecular weight excluding hydrogens is 260 g/mol. The van der Waals surface area contributed by atoms with E-state index in [1.54, 1.807) is 0 Å². The van der Waals surface area contributed by atoms with Crippen LogP contribution in [0.25, 0.3) is 0 Å². The number of fused-ring (bicyclic) bond motifs is 2. The molecule has 3 aliphatic carbocycles. The Labute approximate surface area is 128 Å². The zero-order chi connectivity index (χ0) is 14.8. The summed E-state index contributed by atoms with van der Waals surface area (Å²) in [6, 6.07) is 0.281. The van der Waals surface area contributed by atoms with Gasteiger partial charge in [-0.15, -0.1) is 0 Å². The van der Waals surface area contributed by atoms with Gasteiger partial charge in [0.05, 0.1) is 0 Å². The molecule has 3 aliphatic rings. The lowest BCUT2D eigenvalue weighted by Crippen LogP contribution is -2.44. The van der Waals surface area contributed by atoms with Gasteiger partial charge >= 0.3 is 6.03 Å². The molecule has 0 aliphatic heterocycles. The molecule has 3 rings (SSSR count). The predicted molar refractivity (Wildman–Crippen MR) is 85.8 cm³/mol. The number of amides is 2. The normalized spacial score (nSPS) is 34.2. The van der Waals surface area contributed by atoms with Gasteiger partial charge in [0.1, 0.15) is 0 Å². The summed E-state index contributed by atoms with van der Waals surface area (Å²) in [6.45, 7) is 4.33. The van der Waals surface area contributed by atoms with Gasteiger partial charge in [0.2, 0.25) is 0 Å². The van der Waals surface area contributed by atoms with Crippen LogP contribution in [0.15, 0.2) is 11.8 Å². The lowest BCUT2D eigenvalue weighted by Gasteiger charge is -2.28. The van der Waals surface area contributed by atoms with Crippen molar-refractivity contribution in [1.29, 1.82) is 0 Å². The minimum absolute atomic E-state index is 0.0254. The third kappa shape index (κ3) is 3.44. The summed E-state index contributed by atoms with van der Waals surface area (Å²) in [5.74, 6) is 3.19. The van der Waals surface area contributed by atoms with E-state index in [1.165, 1.54) is 56.9 Å². The van der Waals surface area contributed by atoms with Crippen molar-refractivity contribution in [2.45, 2.75) is 71.3 Å². The molecule has 2 N–H and O–H groups in total. The van der Waals surface area contributed by atoms with Gasteiger partial charge < -0.3 is 10.6 Å². The number of hydrogen-bond acceptors (Lipinski definition) is 1. The van der Waals surface area contributed by atoms with Crippen LogP contribution in [0.5, 0.6) is 0 Å². The number of urea groups is 1. The monoisotopic (exact) mass is 290 g/mol. The molecule has 4 atom stereocenters. The Bertz CT molecular complexity index is 411. The molecule has 2 bridgehead atoms. The molecule has 0 aromatic heterocycles. The summed E-state index contributed by atoms with van der Waals surface area (Å²) in [5, 5.41) is 6.10. The quantitative estimate of drug-likeness (QED) is 0.800. The summed E-state index contributed by atoms with van der Waals surface area (Å²) in [5.41, 5.74) is 1.33. The highest BCUT2D eigenvalue weighted by Crippen LogP contribution is 2.49. The number of rotatable bonds is 4.